The molecule has 2 heterocycles. The van der Waals surface area contributed by atoms with Crippen LogP contribution in [0.25, 0.3) is 0 Å². The highest BCUT2D eigenvalue weighted by Crippen LogP contribution is 2.22. The minimum Gasteiger partial charge on any atom is -0.304 e. The predicted octanol–water partition coefficient (Wildman–Crippen LogP) is 2.54. The molecule has 0 aromatic heterocycles. The maximum atomic E-state index is 11.8. The van der Waals surface area contributed by atoms with Gasteiger partial charge in [0, 0.05) is 38.5 Å². The number of nitrogens with zero attached hydrogens (tertiary/aromatic N) is 3. The molecule has 22 heavy (non-hydrogen) atoms. The topological polar surface area (TPSA) is 26.8 Å². The minimum atomic E-state index is 0.207. The van der Waals surface area contributed by atoms with Gasteiger partial charge in [-0.05, 0) is 38.9 Å². The summed E-state index contributed by atoms with van der Waals surface area (Å²) in [5.74, 6) is 1.29. The van der Waals surface area contributed by atoms with Crippen molar-refractivity contribution in [3.8, 4) is 0 Å². The van der Waals surface area contributed by atoms with E-state index in [2.05, 4.69) is 21.7 Å². The third-order valence-electron chi connectivity index (χ3n) is 4.84. The lowest BCUT2D eigenvalue weighted by Crippen LogP contribution is -2.50. The van der Waals surface area contributed by atoms with E-state index in [-0.39, 0.29) is 5.92 Å². The molecule has 0 aliphatic carbocycles. The van der Waals surface area contributed by atoms with Crippen LogP contribution in [0.2, 0.25) is 0 Å². The Balaban J connectivity index is 0.00000116. The first-order chi connectivity index (χ1) is 10.5. The largest absolute Gasteiger partial charge is 0.304 e. The summed E-state index contributed by atoms with van der Waals surface area (Å²) in [5, 5.41) is 0. The number of ketones is 1. The van der Waals surface area contributed by atoms with E-state index in [1.54, 1.807) is 0 Å². The van der Waals surface area contributed by atoms with Gasteiger partial charge < -0.3 is 4.90 Å². The van der Waals surface area contributed by atoms with Crippen molar-refractivity contribution in [2.75, 3.05) is 53.0 Å². The Labute approximate surface area is 137 Å². The van der Waals surface area contributed by atoms with Crippen LogP contribution in [0.15, 0.2) is 0 Å². The van der Waals surface area contributed by atoms with E-state index in [4.69, 9.17) is 0 Å². The van der Waals surface area contributed by atoms with Gasteiger partial charge in [0.05, 0.1) is 6.67 Å². The molecule has 2 rings (SSSR count). The Morgan fingerprint density at radius 2 is 1.45 bits per heavy atom. The normalized spacial score (nSPS) is 22.5. The smallest absolute Gasteiger partial charge is 0.135 e. The van der Waals surface area contributed by atoms with Gasteiger partial charge in [-0.15, -0.1) is 0 Å². The number of rotatable bonds is 5. The second kappa shape index (κ2) is 10.3. The van der Waals surface area contributed by atoms with Crippen molar-refractivity contribution in [2.24, 2.45) is 11.8 Å². The summed E-state index contributed by atoms with van der Waals surface area (Å²) in [4.78, 5) is 19.4. The van der Waals surface area contributed by atoms with E-state index >= 15 is 0 Å². The Bertz CT molecular complexity index is 303. The van der Waals surface area contributed by atoms with Crippen LogP contribution in [-0.2, 0) is 4.79 Å². The van der Waals surface area contributed by atoms with Gasteiger partial charge in [-0.2, -0.15) is 0 Å². The zero-order chi connectivity index (χ0) is 16.5. The zero-order valence-electron chi connectivity index (χ0n) is 15.5. The highest BCUT2D eigenvalue weighted by atomic mass is 16.1. The molecule has 4 nitrogen and oxygen atoms in total. The van der Waals surface area contributed by atoms with Crippen molar-refractivity contribution in [1.29, 1.82) is 0 Å². The first-order valence-corrected chi connectivity index (χ1v) is 9.20. The molecule has 0 aromatic rings. The van der Waals surface area contributed by atoms with Crippen LogP contribution in [0.1, 0.15) is 47.0 Å². The van der Waals surface area contributed by atoms with Gasteiger partial charge >= 0.3 is 0 Å². The summed E-state index contributed by atoms with van der Waals surface area (Å²) in [7, 11) is 2.20. The van der Waals surface area contributed by atoms with Crippen molar-refractivity contribution in [3.63, 3.8) is 0 Å². The molecule has 2 fully saturated rings. The molecule has 0 spiro atoms. The van der Waals surface area contributed by atoms with Gasteiger partial charge in [0.1, 0.15) is 5.78 Å². The molecule has 4 heteroatoms. The molecule has 0 radical (unpaired) electrons. The van der Waals surface area contributed by atoms with Gasteiger partial charge in [-0.1, -0.05) is 27.7 Å². The van der Waals surface area contributed by atoms with Gasteiger partial charge in [0.25, 0.3) is 0 Å². The third-order valence-corrected chi connectivity index (χ3v) is 4.84. The number of likely N-dealkylation sites (tertiary alicyclic amines) is 1. The second-order valence-corrected chi connectivity index (χ2v) is 6.95. The van der Waals surface area contributed by atoms with E-state index < -0.39 is 0 Å². The zero-order valence-corrected chi connectivity index (χ0v) is 15.5. The van der Waals surface area contributed by atoms with Gasteiger partial charge in [-0.3, -0.25) is 14.6 Å². The molecular weight excluding hydrogens is 274 g/mol. The van der Waals surface area contributed by atoms with Crippen molar-refractivity contribution in [1.82, 2.24) is 14.7 Å². The quantitative estimate of drug-likeness (QED) is 0.779. The van der Waals surface area contributed by atoms with Gasteiger partial charge in [0.15, 0.2) is 0 Å². The van der Waals surface area contributed by atoms with Crippen molar-refractivity contribution in [3.05, 3.63) is 0 Å². The summed E-state index contributed by atoms with van der Waals surface area (Å²) in [5.41, 5.74) is 0. The van der Waals surface area contributed by atoms with E-state index in [9.17, 15) is 4.79 Å². The maximum absolute atomic E-state index is 11.8. The molecule has 0 amide bonds. The fourth-order valence-electron chi connectivity index (χ4n) is 3.12. The summed E-state index contributed by atoms with van der Waals surface area (Å²) in [6.45, 7) is 16.3. The monoisotopic (exact) mass is 311 g/mol. The molecule has 0 unspecified atom stereocenters. The number of Topliss-reactive ketones (excluding diaryl/α,β-unsaturated/α-hetero) is 1. The second-order valence-electron chi connectivity index (χ2n) is 6.95. The van der Waals surface area contributed by atoms with Crippen molar-refractivity contribution < 1.29 is 4.79 Å². The average molecular weight is 312 g/mol. The van der Waals surface area contributed by atoms with Crippen LogP contribution in [0.3, 0.4) is 0 Å². The lowest BCUT2D eigenvalue weighted by molar-refractivity contribution is -0.123. The third kappa shape index (κ3) is 6.76. The fraction of sp³-hybridized carbons (Fsp3) is 0.944. The molecule has 0 N–H and O–H groups in total. The van der Waals surface area contributed by atoms with Crippen LogP contribution < -0.4 is 0 Å². The van der Waals surface area contributed by atoms with E-state index in [0.29, 0.717) is 11.7 Å². The number of hydrogen-bond acceptors (Lipinski definition) is 4. The Morgan fingerprint density at radius 1 is 0.955 bits per heavy atom. The van der Waals surface area contributed by atoms with Crippen LogP contribution in [0.4, 0.5) is 0 Å². The number of piperazine rings is 1. The number of likely N-dealkylation sites (N-methyl/N-ethyl adjacent to an activating group) is 1. The summed E-state index contributed by atoms with van der Waals surface area (Å²) in [6.07, 6.45) is 3.21. The molecule has 2 aliphatic rings. The lowest BCUT2D eigenvalue weighted by Gasteiger charge is -2.38. The van der Waals surface area contributed by atoms with Crippen molar-refractivity contribution >= 4 is 5.78 Å². The van der Waals surface area contributed by atoms with Crippen LogP contribution in [0, 0.1) is 11.8 Å². The molecule has 2 saturated heterocycles. The van der Waals surface area contributed by atoms with E-state index in [1.165, 1.54) is 52.1 Å². The molecule has 0 atom stereocenters. The lowest BCUT2D eigenvalue weighted by atomic mass is 9.89. The standard InChI is InChI=1S/C16H31N3O.C2H6/c1-14(2)16(20)12-15-4-6-18(7-5-15)13-19-10-8-17(3)9-11-19;1-2/h14-15H,4-13H2,1-3H3;1-2H3. The Morgan fingerprint density at radius 3 is 1.95 bits per heavy atom. The molecular formula is C18H37N3O. The van der Waals surface area contributed by atoms with Crippen LogP contribution >= 0.6 is 0 Å². The summed E-state index contributed by atoms with van der Waals surface area (Å²) in [6, 6.07) is 0. The molecule has 0 saturated carbocycles. The predicted molar refractivity (Wildman–Crippen MR) is 94.0 cm³/mol. The maximum Gasteiger partial charge on any atom is 0.135 e. The molecule has 2 aliphatic heterocycles. The molecule has 130 valence electrons. The Kier molecular flexibility index (Phi) is 9.22. The highest BCUT2D eigenvalue weighted by Gasteiger charge is 2.24. The number of carbonyl (C=O) groups excluding carboxylic acids is 1. The number of piperidine rings is 1. The molecule has 0 aromatic carbocycles. The summed E-state index contributed by atoms with van der Waals surface area (Å²) < 4.78 is 0. The van der Waals surface area contributed by atoms with Gasteiger partial charge in [0.2, 0.25) is 0 Å². The van der Waals surface area contributed by atoms with E-state index in [0.717, 1.165) is 13.1 Å². The first-order valence-electron chi connectivity index (χ1n) is 9.20. The minimum absolute atomic E-state index is 0.207. The SMILES string of the molecule is CC.CC(C)C(=O)CC1CCN(CN2CCN(C)CC2)CC1. The Hall–Kier alpha value is -0.450. The van der Waals surface area contributed by atoms with Gasteiger partial charge in [-0.25, -0.2) is 0 Å². The molecule has 0 bridgehead atoms. The fourth-order valence-corrected chi connectivity index (χ4v) is 3.12. The van der Waals surface area contributed by atoms with E-state index in [1.807, 2.05) is 27.7 Å². The van der Waals surface area contributed by atoms with Crippen LogP contribution in [0.5, 0.6) is 0 Å². The highest BCUT2D eigenvalue weighted by molar-refractivity contribution is 5.80. The number of carbonyl (C=O) groups is 1. The summed E-state index contributed by atoms with van der Waals surface area (Å²) >= 11 is 0. The van der Waals surface area contributed by atoms with Crippen LogP contribution in [-0.4, -0.2) is 73.5 Å². The first kappa shape index (κ1) is 19.6. The van der Waals surface area contributed by atoms with Crippen molar-refractivity contribution in [2.45, 2.75) is 47.0 Å². The number of hydrogen-bond donors (Lipinski definition) is 0. The average Bonchev–Trinajstić information content (AvgIpc) is 2.53.